The van der Waals surface area contributed by atoms with Crippen LogP contribution in [0.15, 0.2) is 54.6 Å². The highest BCUT2D eigenvalue weighted by molar-refractivity contribution is 7.92. The molecule has 0 aliphatic carbocycles. The summed E-state index contributed by atoms with van der Waals surface area (Å²) in [6.45, 7) is 5.92. The van der Waals surface area contributed by atoms with Crippen LogP contribution in [0.3, 0.4) is 0 Å². The van der Waals surface area contributed by atoms with E-state index < -0.39 is 16.1 Å². The molecule has 0 aliphatic heterocycles. The number of hydrogen-bond acceptors (Lipinski definition) is 4. The van der Waals surface area contributed by atoms with Crippen molar-refractivity contribution < 1.29 is 18.0 Å². The van der Waals surface area contributed by atoms with Gasteiger partial charge in [-0.1, -0.05) is 54.9 Å². The van der Waals surface area contributed by atoms with Crippen LogP contribution in [0.1, 0.15) is 45.6 Å². The standard InChI is InChI=1S/C25H34ClN3O4S/c1-5-19(2)27-25(31)20(3)28(18-21-12-9-10-15-23(21)26)24(30)16-11-17-29(34(4,32)33)22-13-7-6-8-14-22/h6-10,12-15,19-20H,5,11,16-18H2,1-4H3,(H,27,31)/t19-,20-/m0/s1. The molecule has 0 unspecified atom stereocenters. The van der Waals surface area contributed by atoms with E-state index in [9.17, 15) is 18.0 Å². The number of sulfonamides is 1. The molecule has 2 atom stereocenters. The Morgan fingerprint density at radius 2 is 1.65 bits per heavy atom. The Kier molecular flexibility index (Phi) is 10.4. The second-order valence-corrected chi connectivity index (χ2v) is 10.7. The summed E-state index contributed by atoms with van der Waals surface area (Å²) in [5, 5.41) is 3.44. The molecule has 34 heavy (non-hydrogen) atoms. The van der Waals surface area contributed by atoms with Crippen molar-refractivity contribution in [2.45, 2.75) is 58.7 Å². The highest BCUT2D eigenvalue weighted by Gasteiger charge is 2.27. The van der Waals surface area contributed by atoms with Crippen LogP contribution >= 0.6 is 11.6 Å². The number of para-hydroxylation sites is 1. The van der Waals surface area contributed by atoms with Gasteiger partial charge in [0.2, 0.25) is 21.8 Å². The first kappa shape index (κ1) is 27.7. The predicted octanol–water partition coefficient (Wildman–Crippen LogP) is 4.22. The lowest BCUT2D eigenvalue weighted by atomic mass is 10.1. The lowest BCUT2D eigenvalue weighted by Crippen LogP contribution is -2.49. The first-order valence-electron chi connectivity index (χ1n) is 11.4. The van der Waals surface area contributed by atoms with E-state index in [0.717, 1.165) is 18.2 Å². The second-order valence-electron chi connectivity index (χ2n) is 8.38. The zero-order valence-corrected chi connectivity index (χ0v) is 21.8. The molecular formula is C25H34ClN3O4S. The number of nitrogens with zero attached hydrogens (tertiary/aromatic N) is 2. The zero-order chi connectivity index (χ0) is 25.3. The summed E-state index contributed by atoms with van der Waals surface area (Å²) >= 11 is 6.32. The van der Waals surface area contributed by atoms with Crippen molar-refractivity contribution in [3.05, 3.63) is 65.2 Å². The van der Waals surface area contributed by atoms with Crippen LogP contribution < -0.4 is 9.62 Å². The Balaban J connectivity index is 2.16. The Hall–Kier alpha value is -2.58. The molecule has 7 nitrogen and oxygen atoms in total. The van der Waals surface area contributed by atoms with E-state index in [1.54, 1.807) is 43.3 Å². The number of halogens is 1. The molecule has 2 aromatic carbocycles. The fourth-order valence-electron chi connectivity index (χ4n) is 3.46. The number of anilines is 1. The minimum absolute atomic E-state index is 0.0126. The van der Waals surface area contributed by atoms with Crippen molar-refractivity contribution in [2.75, 3.05) is 17.1 Å². The Morgan fingerprint density at radius 3 is 2.24 bits per heavy atom. The van der Waals surface area contributed by atoms with Gasteiger partial charge >= 0.3 is 0 Å². The molecule has 9 heteroatoms. The van der Waals surface area contributed by atoms with E-state index in [1.807, 2.05) is 32.0 Å². The van der Waals surface area contributed by atoms with Crippen LogP contribution in [-0.2, 0) is 26.2 Å². The summed E-state index contributed by atoms with van der Waals surface area (Å²) in [5.41, 5.74) is 1.29. The molecule has 1 N–H and O–H groups in total. The summed E-state index contributed by atoms with van der Waals surface area (Å²) in [7, 11) is -3.51. The normalized spacial score (nSPS) is 13.1. The molecule has 2 aromatic rings. The summed E-state index contributed by atoms with van der Waals surface area (Å²) < 4.78 is 25.9. The maximum atomic E-state index is 13.3. The van der Waals surface area contributed by atoms with Gasteiger partial charge < -0.3 is 10.2 Å². The summed E-state index contributed by atoms with van der Waals surface area (Å²) in [6.07, 6.45) is 2.31. The predicted molar refractivity (Wildman–Crippen MR) is 137 cm³/mol. The third-order valence-corrected chi connectivity index (χ3v) is 7.23. The van der Waals surface area contributed by atoms with Crippen molar-refractivity contribution in [1.29, 1.82) is 0 Å². The monoisotopic (exact) mass is 507 g/mol. The largest absolute Gasteiger partial charge is 0.352 e. The van der Waals surface area contributed by atoms with Crippen LogP contribution in [-0.4, -0.2) is 50.0 Å². The fraction of sp³-hybridized carbons (Fsp3) is 0.440. The smallest absolute Gasteiger partial charge is 0.242 e. The number of amides is 2. The lowest BCUT2D eigenvalue weighted by Gasteiger charge is -2.30. The molecule has 0 bridgehead atoms. The maximum Gasteiger partial charge on any atom is 0.242 e. The molecule has 0 aliphatic rings. The molecule has 0 saturated carbocycles. The molecule has 0 spiro atoms. The highest BCUT2D eigenvalue weighted by Crippen LogP contribution is 2.21. The van der Waals surface area contributed by atoms with Gasteiger partial charge in [-0.15, -0.1) is 0 Å². The quantitative estimate of drug-likeness (QED) is 0.466. The average molecular weight is 508 g/mol. The third-order valence-electron chi connectivity index (χ3n) is 5.66. The highest BCUT2D eigenvalue weighted by atomic mass is 35.5. The number of rotatable bonds is 12. The lowest BCUT2D eigenvalue weighted by molar-refractivity contribution is -0.140. The van der Waals surface area contributed by atoms with Crippen LogP contribution in [0.25, 0.3) is 0 Å². The van der Waals surface area contributed by atoms with Gasteiger partial charge in [0.15, 0.2) is 0 Å². The summed E-state index contributed by atoms with van der Waals surface area (Å²) in [4.78, 5) is 27.6. The SMILES string of the molecule is CC[C@H](C)NC(=O)[C@H](C)N(Cc1ccccc1Cl)C(=O)CCCN(c1ccccc1)S(C)(=O)=O. The van der Waals surface area contributed by atoms with Crippen molar-refractivity contribution in [1.82, 2.24) is 10.2 Å². The second kappa shape index (κ2) is 12.8. The van der Waals surface area contributed by atoms with Gasteiger partial charge in [0.25, 0.3) is 0 Å². The Bertz CT molecular complexity index is 1060. The molecule has 0 aromatic heterocycles. The van der Waals surface area contributed by atoms with Gasteiger partial charge in [0, 0.05) is 30.6 Å². The molecule has 0 heterocycles. The molecule has 0 saturated heterocycles. The van der Waals surface area contributed by atoms with Crippen LogP contribution in [0.5, 0.6) is 0 Å². The zero-order valence-electron chi connectivity index (χ0n) is 20.2. The van der Waals surface area contributed by atoms with E-state index in [-0.39, 0.29) is 37.4 Å². The van der Waals surface area contributed by atoms with Crippen molar-refractivity contribution in [2.24, 2.45) is 0 Å². The number of nitrogens with one attached hydrogen (secondary N) is 1. The maximum absolute atomic E-state index is 13.3. The molecule has 2 amide bonds. The van der Waals surface area contributed by atoms with E-state index in [1.165, 1.54) is 9.21 Å². The first-order chi connectivity index (χ1) is 16.0. The van der Waals surface area contributed by atoms with Gasteiger partial charge in [-0.25, -0.2) is 8.42 Å². The number of hydrogen-bond donors (Lipinski definition) is 1. The van der Waals surface area contributed by atoms with Gasteiger partial charge in [-0.2, -0.15) is 0 Å². The Labute approximate surface area is 208 Å². The van der Waals surface area contributed by atoms with Gasteiger partial charge in [-0.05, 0) is 50.5 Å². The first-order valence-corrected chi connectivity index (χ1v) is 13.6. The minimum atomic E-state index is -3.51. The molecule has 186 valence electrons. The fourth-order valence-corrected chi connectivity index (χ4v) is 4.62. The summed E-state index contributed by atoms with van der Waals surface area (Å²) in [5.74, 6) is -0.481. The van der Waals surface area contributed by atoms with Gasteiger partial charge in [0.05, 0.1) is 11.9 Å². The molecule has 2 rings (SSSR count). The Morgan fingerprint density at radius 1 is 1.03 bits per heavy atom. The number of carbonyl (C=O) groups is 2. The van der Waals surface area contributed by atoms with Crippen LogP contribution in [0.2, 0.25) is 5.02 Å². The third kappa shape index (κ3) is 8.02. The number of carbonyl (C=O) groups excluding carboxylic acids is 2. The molecule has 0 fully saturated rings. The van der Waals surface area contributed by atoms with Crippen LogP contribution in [0.4, 0.5) is 5.69 Å². The van der Waals surface area contributed by atoms with E-state index in [0.29, 0.717) is 17.1 Å². The van der Waals surface area contributed by atoms with E-state index in [2.05, 4.69) is 5.32 Å². The van der Waals surface area contributed by atoms with Gasteiger partial charge in [0.1, 0.15) is 6.04 Å². The summed E-state index contributed by atoms with van der Waals surface area (Å²) in [6, 6.07) is 15.3. The molecular weight excluding hydrogens is 474 g/mol. The van der Waals surface area contributed by atoms with Crippen molar-refractivity contribution in [3.8, 4) is 0 Å². The molecule has 0 radical (unpaired) electrons. The van der Waals surface area contributed by atoms with Crippen molar-refractivity contribution in [3.63, 3.8) is 0 Å². The number of benzene rings is 2. The van der Waals surface area contributed by atoms with Gasteiger partial charge in [-0.3, -0.25) is 13.9 Å². The van der Waals surface area contributed by atoms with Crippen molar-refractivity contribution >= 4 is 39.1 Å². The van der Waals surface area contributed by atoms with E-state index in [4.69, 9.17) is 11.6 Å². The minimum Gasteiger partial charge on any atom is -0.352 e. The van der Waals surface area contributed by atoms with Crippen LogP contribution in [0, 0.1) is 0 Å². The van der Waals surface area contributed by atoms with E-state index >= 15 is 0 Å². The average Bonchev–Trinajstić information content (AvgIpc) is 2.80. The topological polar surface area (TPSA) is 86.8 Å².